The first kappa shape index (κ1) is 20.1. The van der Waals surface area contributed by atoms with Crippen LogP contribution in [0.15, 0.2) is 42.5 Å². The summed E-state index contributed by atoms with van der Waals surface area (Å²) in [7, 11) is 1.40. The van der Waals surface area contributed by atoms with Crippen LogP contribution in [0.5, 0.6) is 5.75 Å². The van der Waals surface area contributed by atoms with E-state index in [2.05, 4.69) is 5.32 Å². The van der Waals surface area contributed by atoms with Crippen LogP contribution >= 0.6 is 11.6 Å². The fourth-order valence-electron chi connectivity index (χ4n) is 3.01. The highest BCUT2D eigenvalue weighted by atomic mass is 35.5. The zero-order valence-electron chi connectivity index (χ0n) is 15.3. The van der Waals surface area contributed by atoms with Gasteiger partial charge in [-0.05, 0) is 23.8 Å². The van der Waals surface area contributed by atoms with E-state index in [4.69, 9.17) is 21.1 Å². The van der Waals surface area contributed by atoms with E-state index in [-0.39, 0.29) is 30.0 Å². The number of nitrogens with zero attached hydrogens (tertiary/aromatic N) is 2. The average molecular weight is 406 g/mol. The minimum absolute atomic E-state index is 0.103. The molecule has 0 spiro atoms. The van der Waals surface area contributed by atoms with Crippen molar-refractivity contribution >= 4 is 28.9 Å². The standard InChI is InChI=1S/C19H20ClN3O5/c1-27-17-10-15(23(25)26)6-7-16(17)21-19(24)12-22-8-9-28-18(11-22)13-2-4-14(20)5-3-13/h2-7,10,18H,8-9,11-12H2,1H3,(H,21,24). The van der Waals surface area contributed by atoms with E-state index < -0.39 is 4.92 Å². The number of methoxy groups -OCH3 is 1. The maximum atomic E-state index is 12.5. The molecule has 2 aromatic rings. The second-order valence-electron chi connectivity index (χ2n) is 6.34. The van der Waals surface area contributed by atoms with Crippen molar-refractivity contribution in [2.75, 3.05) is 38.7 Å². The molecule has 3 rings (SSSR count). The van der Waals surface area contributed by atoms with Crippen LogP contribution in [0.1, 0.15) is 11.7 Å². The fourth-order valence-corrected chi connectivity index (χ4v) is 3.14. The third-order valence-corrected chi connectivity index (χ3v) is 4.68. The molecule has 1 atom stereocenters. The number of amides is 1. The number of rotatable bonds is 6. The van der Waals surface area contributed by atoms with Crippen molar-refractivity contribution < 1.29 is 19.2 Å². The van der Waals surface area contributed by atoms with Crippen LogP contribution in [0.4, 0.5) is 11.4 Å². The maximum absolute atomic E-state index is 12.5. The summed E-state index contributed by atoms with van der Waals surface area (Å²) in [5.74, 6) is 0.00692. The number of benzene rings is 2. The number of halogens is 1. The van der Waals surface area contributed by atoms with Crippen molar-refractivity contribution in [2.45, 2.75) is 6.10 Å². The SMILES string of the molecule is COc1cc([N+](=O)[O-])ccc1NC(=O)CN1CCOC(c2ccc(Cl)cc2)C1. The Labute approximate surface area is 167 Å². The lowest BCUT2D eigenvalue weighted by molar-refractivity contribution is -0.384. The number of ether oxygens (including phenoxy) is 2. The van der Waals surface area contributed by atoms with E-state index in [1.807, 2.05) is 29.2 Å². The molecule has 8 nitrogen and oxygen atoms in total. The van der Waals surface area contributed by atoms with Gasteiger partial charge < -0.3 is 14.8 Å². The Morgan fingerprint density at radius 2 is 2.11 bits per heavy atom. The quantitative estimate of drug-likeness (QED) is 0.585. The Morgan fingerprint density at radius 1 is 1.36 bits per heavy atom. The molecule has 1 amide bonds. The molecule has 2 aromatic carbocycles. The van der Waals surface area contributed by atoms with Crippen LogP contribution in [0.3, 0.4) is 0 Å². The Balaban J connectivity index is 1.61. The smallest absolute Gasteiger partial charge is 0.273 e. The number of morpholine rings is 1. The Kier molecular flexibility index (Phi) is 6.45. The van der Waals surface area contributed by atoms with Crippen molar-refractivity contribution in [2.24, 2.45) is 0 Å². The van der Waals surface area contributed by atoms with Crippen LogP contribution < -0.4 is 10.1 Å². The topological polar surface area (TPSA) is 93.9 Å². The van der Waals surface area contributed by atoms with Crippen molar-refractivity contribution in [3.8, 4) is 5.75 Å². The minimum atomic E-state index is -0.515. The highest BCUT2D eigenvalue weighted by molar-refractivity contribution is 6.30. The van der Waals surface area contributed by atoms with Crippen molar-refractivity contribution in [1.82, 2.24) is 4.90 Å². The van der Waals surface area contributed by atoms with E-state index in [0.29, 0.717) is 30.4 Å². The summed E-state index contributed by atoms with van der Waals surface area (Å²) in [5, 5.41) is 14.3. The molecule has 1 saturated heterocycles. The summed E-state index contributed by atoms with van der Waals surface area (Å²) in [6.07, 6.45) is -0.132. The molecule has 28 heavy (non-hydrogen) atoms. The lowest BCUT2D eigenvalue weighted by Gasteiger charge is -2.32. The zero-order chi connectivity index (χ0) is 20.1. The number of anilines is 1. The first-order valence-corrected chi connectivity index (χ1v) is 9.06. The van der Waals surface area contributed by atoms with Crippen LogP contribution in [-0.4, -0.2) is 49.1 Å². The van der Waals surface area contributed by atoms with Gasteiger partial charge in [-0.25, -0.2) is 0 Å². The molecule has 0 aliphatic carbocycles. The summed E-state index contributed by atoms with van der Waals surface area (Å²) in [4.78, 5) is 24.8. The molecular weight excluding hydrogens is 386 g/mol. The lowest BCUT2D eigenvalue weighted by Crippen LogP contribution is -2.42. The molecule has 148 valence electrons. The molecule has 0 aromatic heterocycles. The number of hydrogen-bond donors (Lipinski definition) is 1. The van der Waals surface area contributed by atoms with Gasteiger partial charge in [0, 0.05) is 24.2 Å². The van der Waals surface area contributed by atoms with E-state index >= 15 is 0 Å². The van der Waals surface area contributed by atoms with Gasteiger partial charge in [0.05, 0.1) is 43.0 Å². The first-order valence-electron chi connectivity index (χ1n) is 8.68. The number of non-ortho nitro benzene ring substituents is 1. The largest absolute Gasteiger partial charge is 0.494 e. The number of carbonyl (C=O) groups is 1. The van der Waals surface area contributed by atoms with Gasteiger partial charge in [0.1, 0.15) is 5.75 Å². The predicted molar refractivity (Wildman–Crippen MR) is 105 cm³/mol. The van der Waals surface area contributed by atoms with E-state index in [1.54, 1.807) is 0 Å². The van der Waals surface area contributed by atoms with Gasteiger partial charge >= 0.3 is 0 Å². The van der Waals surface area contributed by atoms with Gasteiger partial charge in [0.25, 0.3) is 5.69 Å². The molecule has 1 fully saturated rings. The van der Waals surface area contributed by atoms with Crippen LogP contribution in [0, 0.1) is 10.1 Å². The number of carbonyl (C=O) groups excluding carboxylic acids is 1. The lowest BCUT2D eigenvalue weighted by atomic mass is 10.1. The molecule has 0 radical (unpaired) electrons. The molecule has 1 N–H and O–H groups in total. The minimum Gasteiger partial charge on any atom is -0.494 e. The van der Waals surface area contributed by atoms with Crippen LogP contribution in [0.2, 0.25) is 5.02 Å². The summed E-state index contributed by atoms with van der Waals surface area (Å²) in [5.41, 5.74) is 1.29. The molecule has 9 heteroatoms. The van der Waals surface area contributed by atoms with Gasteiger partial charge in [-0.2, -0.15) is 0 Å². The second-order valence-corrected chi connectivity index (χ2v) is 6.77. The summed E-state index contributed by atoms with van der Waals surface area (Å²) in [6.45, 7) is 1.90. The number of hydrogen-bond acceptors (Lipinski definition) is 6. The van der Waals surface area contributed by atoms with Gasteiger partial charge in [0.2, 0.25) is 5.91 Å². The number of nitro groups is 1. The van der Waals surface area contributed by atoms with Crippen molar-refractivity contribution in [1.29, 1.82) is 0 Å². The first-order chi connectivity index (χ1) is 13.5. The average Bonchev–Trinajstić information content (AvgIpc) is 2.68. The monoisotopic (exact) mass is 405 g/mol. The van der Waals surface area contributed by atoms with Crippen LogP contribution in [-0.2, 0) is 9.53 Å². The van der Waals surface area contributed by atoms with E-state index in [1.165, 1.54) is 25.3 Å². The van der Waals surface area contributed by atoms with Gasteiger partial charge in [-0.15, -0.1) is 0 Å². The Bertz CT molecular complexity index is 859. The molecule has 0 bridgehead atoms. The molecule has 1 aliphatic rings. The van der Waals surface area contributed by atoms with Gasteiger partial charge in [-0.3, -0.25) is 19.8 Å². The van der Waals surface area contributed by atoms with Crippen molar-refractivity contribution in [3.63, 3.8) is 0 Å². The van der Waals surface area contributed by atoms with Crippen LogP contribution in [0.25, 0.3) is 0 Å². The van der Waals surface area contributed by atoms with E-state index in [9.17, 15) is 14.9 Å². The third kappa shape index (κ3) is 4.98. The normalized spacial score (nSPS) is 17.1. The van der Waals surface area contributed by atoms with E-state index in [0.717, 1.165) is 5.56 Å². The molecule has 1 unspecified atom stereocenters. The summed E-state index contributed by atoms with van der Waals surface area (Å²) < 4.78 is 11.0. The maximum Gasteiger partial charge on any atom is 0.273 e. The van der Waals surface area contributed by atoms with Gasteiger partial charge in [-0.1, -0.05) is 23.7 Å². The highest BCUT2D eigenvalue weighted by Gasteiger charge is 2.24. The van der Waals surface area contributed by atoms with Gasteiger partial charge in [0.15, 0.2) is 0 Å². The number of nitro benzene ring substituents is 1. The Hall–Kier alpha value is -2.68. The molecule has 1 aliphatic heterocycles. The predicted octanol–water partition coefficient (Wildman–Crippen LogP) is 3.27. The fraction of sp³-hybridized carbons (Fsp3) is 0.316. The summed E-state index contributed by atoms with van der Waals surface area (Å²) in [6, 6.07) is 11.5. The highest BCUT2D eigenvalue weighted by Crippen LogP contribution is 2.29. The zero-order valence-corrected chi connectivity index (χ0v) is 16.0. The second kappa shape index (κ2) is 9.01. The molecule has 0 saturated carbocycles. The molecular formula is C19H20ClN3O5. The van der Waals surface area contributed by atoms with Crippen molar-refractivity contribution in [3.05, 3.63) is 63.2 Å². The third-order valence-electron chi connectivity index (χ3n) is 4.43. The molecule has 1 heterocycles. The Morgan fingerprint density at radius 3 is 2.79 bits per heavy atom. The number of nitrogens with one attached hydrogen (secondary N) is 1. The summed E-state index contributed by atoms with van der Waals surface area (Å²) >= 11 is 5.93.